The lowest BCUT2D eigenvalue weighted by atomic mass is 10.2. The van der Waals surface area contributed by atoms with Gasteiger partial charge in [-0.25, -0.2) is 18.9 Å². The Morgan fingerprint density at radius 2 is 2.15 bits per heavy atom. The number of aromatic nitrogens is 3. The first kappa shape index (κ1) is 17.8. The highest BCUT2D eigenvalue weighted by molar-refractivity contribution is 7.98. The molecule has 0 aliphatic carbocycles. The summed E-state index contributed by atoms with van der Waals surface area (Å²) in [7, 11) is 1.64. The van der Waals surface area contributed by atoms with Crippen LogP contribution in [-0.2, 0) is 5.75 Å². The SMILES string of the molecule is CNc1nc(SCc2cccc(F)c2)n(-c2ccccn2)c(=O)c1C=N. The normalized spacial score (nSPS) is 10.5. The average Bonchev–Trinajstić information content (AvgIpc) is 2.66. The Hall–Kier alpha value is -3.00. The first-order chi connectivity index (χ1) is 12.6. The Kier molecular flexibility index (Phi) is 5.43. The van der Waals surface area contributed by atoms with Crippen LogP contribution in [-0.4, -0.2) is 27.8 Å². The van der Waals surface area contributed by atoms with Crippen molar-refractivity contribution in [1.82, 2.24) is 14.5 Å². The van der Waals surface area contributed by atoms with Gasteiger partial charge in [0, 0.05) is 25.2 Å². The highest BCUT2D eigenvalue weighted by Crippen LogP contribution is 2.24. The molecule has 0 unspecified atom stereocenters. The van der Waals surface area contributed by atoms with E-state index in [2.05, 4.69) is 15.3 Å². The molecular formula is C18H16FN5OS. The first-order valence-corrected chi connectivity index (χ1v) is 8.76. The summed E-state index contributed by atoms with van der Waals surface area (Å²) >= 11 is 1.30. The Labute approximate surface area is 153 Å². The Morgan fingerprint density at radius 3 is 2.81 bits per heavy atom. The van der Waals surface area contributed by atoms with Crippen LogP contribution in [0, 0.1) is 11.2 Å². The van der Waals surface area contributed by atoms with E-state index in [0.29, 0.717) is 22.5 Å². The van der Waals surface area contributed by atoms with E-state index in [0.717, 1.165) is 11.8 Å². The third kappa shape index (κ3) is 3.65. The van der Waals surface area contributed by atoms with Crippen LogP contribution in [0.2, 0.25) is 0 Å². The molecule has 2 N–H and O–H groups in total. The summed E-state index contributed by atoms with van der Waals surface area (Å²) in [6.45, 7) is 0. The molecule has 0 saturated heterocycles. The molecule has 0 fully saturated rings. The van der Waals surface area contributed by atoms with Crippen LogP contribution in [0.5, 0.6) is 0 Å². The lowest BCUT2D eigenvalue weighted by Crippen LogP contribution is -2.27. The zero-order chi connectivity index (χ0) is 18.5. The Morgan fingerprint density at radius 1 is 1.31 bits per heavy atom. The second-order valence-electron chi connectivity index (χ2n) is 5.30. The number of halogens is 1. The predicted octanol–water partition coefficient (Wildman–Crippen LogP) is 3.10. The summed E-state index contributed by atoms with van der Waals surface area (Å²) in [6.07, 6.45) is 2.56. The zero-order valence-corrected chi connectivity index (χ0v) is 14.8. The lowest BCUT2D eigenvalue weighted by molar-refractivity contribution is 0.626. The van der Waals surface area contributed by atoms with Crippen LogP contribution in [0.1, 0.15) is 11.1 Å². The maximum absolute atomic E-state index is 13.4. The fourth-order valence-corrected chi connectivity index (χ4v) is 3.33. The summed E-state index contributed by atoms with van der Waals surface area (Å²) < 4.78 is 14.8. The van der Waals surface area contributed by atoms with Crippen molar-refractivity contribution in [2.45, 2.75) is 10.9 Å². The molecule has 8 heteroatoms. The van der Waals surface area contributed by atoms with Gasteiger partial charge in [-0.2, -0.15) is 0 Å². The van der Waals surface area contributed by atoms with E-state index in [4.69, 9.17) is 5.41 Å². The van der Waals surface area contributed by atoms with Crippen molar-refractivity contribution in [2.75, 3.05) is 12.4 Å². The monoisotopic (exact) mass is 369 g/mol. The van der Waals surface area contributed by atoms with E-state index >= 15 is 0 Å². The molecule has 0 amide bonds. The van der Waals surface area contributed by atoms with Crippen molar-refractivity contribution in [2.24, 2.45) is 0 Å². The van der Waals surface area contributed by atoms with Crippen LogP contribution >= 0.6 is 11.8 Å². The quantitative estimate of drug-likeness (QED) is 0.396. The minimum Gasteiger partial charge on any atom is -0.372 e. The number of benzene rings is 1. The molecule has 3 rings (SSSR count). The molecule has 0 radical (unpaired) electrons. The highest BCUT2D eigenvalue weighted by atomic mass is 32.2. The van der Waals surface area contributed by atoms with E-state index in [9.17, 15) is 9.18 Å². The minimum absolute atomic E-state index is 0.147. The van der Waals surface area contributed by atoms with Crippen molar-refractivity contribution in [3.63, 3.8) is 0 Å². The van der Waals surface area contributed by atoms with Crippen LogP contribution in [0.3, 0.4) is 0 Å². The number of pyridine rings is 1. The molecule has 3 aromatic rings. The molecule has 0 atom stereocenters. The average molecular weight is 369 g/mol. The maximum Gasteiger partial charge on any atom is 0.270 e. The third-order valence-corrected chi connectivity index (χ3v) is 4.61. The van der Waals surface area contributed by atoms with Gasteiger partial charge in [-0.15, -0.1) is 0 Å². The summed E-state index contributed by atoms with van der Waals surface area (Å²) in [4.78, 5) is 21.6. The van der Waals surface area contributed by atoms with Crippen molar-refractivity contribution in [3.05, 3.63) is 76.0 Å². The van der Waals surface area contributed by atoms with Crippen molar-refractivity contribution >= 4 is 23.8 Å². The fraction of sp³-hybridized carbons (Fsp3) is 0.111. The standard InChI is InChI=1S/C18H16FN5OS/c1-21-16-14(10-20)17(25)24(15-7-2-3-8-22-15)18(23-16)26-11-12-5-4-6-13(19)9-12/h2-10,20-21H,11H2,1H3. The predicted molar refractivity (Wildman–Crippen MR) is 101 cm³/mol. The minimum atomic E-state index is -0.389. The topological polar surface area (TPSA) is 83.7 Å². The number of anilines is 1. The smallest absolute Gasteiger partial charge is 0.270 e. The van der Waals surface area contributed by atoms with E-state index in [1.54, 1.807) is 37.5 Å². The van der Waals surface area contributed by atoms with Gasteiger partial charge in [0.15, 0.2) is 5.16 Å². The van der Waals surface area contributed by atoms with Crippen LogP contribution in [0.15, 0.2) is 58.6 Å². The Bertz CT molecular complexity index is 991. The molecule has 2 aromatic heterocycles. The molecule has 26 heavy (non-hydrogen) atoms. The highest BCUT2D eigenvalue weighted by Gasteiger charge is 2.17. The number of nitrogens with zero attached hydrogens (tertiary/aromatic N) is 3. The second-order valence-corrected chi connectivity index (χ2v) is 6.24. The molecule has 0 spiro atoms. The molecule has 0 aliphatic heterocycles. The number of thioether (sulfide) groups is 1. The van der Waals surface area contributed by atoms with Crippen molar-refractivity contribution < 1.29 is 4.39 Å². The van der Waals surface area contributed by atoms with Gasteiger partial charge >= 0.3 is 0 Å². The summed E-state index contributed by atoms with van der Waals surface area (Å²) in [5, 5.41) is 10.8. The number of nitrogens with one attached hydrogen (secondary N) is 2. The van der Waals surface area contributed by atoms with E-state index < -0.39 is 0 Å². The van der Waals surface area contributed by atoms with Gasteiger partial charge in [0.2, 0.25) is 0 Å². The lowest BCUT2D eigenvalue weighted by Gasteiger charge is -2.14. The van der Waals surface area contributed by atoms with Crippen LogP contribution < -0.4 is 10.9 Å². The molecule has 132 valence electrons. The van der Waals surface area contributed by atoms with Crippen LogP contribution in [0.25, 0.3) is 5.82 Å². The number of hydrogen-bond acceptors (Lipinski definition) is 6. The van der Waals surface area contributed by atoms with Gasteiger partial charge < -0.3 is 10.7 Å². The van der Waals surface area contributed by atoms with Gasteiger partial charge in [-0.05, 0) is 29.8 Å². The van der Waals surface area contributed by atoms with Crippen molar-refractivity contribution in [1.29, 1.82) is 5.41 Å². The van der Waals surface area contributed by atoms with Gasteiger partial charge in [0.05, 0.1) is 0 Å². The van der Waals surface area contributed by atoms with E-state index in [1.165, 1.54) is 28.5 Å². The largest absolute Gasteiger partial charge is 0.372 e. The zero-order valence-electron chi connectivity index (χ0n) is 13.9. The van der Waals surface area contributed by atoms with Gasteiger partial charge in [0.1, 0.15) is 23.0 Å². The van der Waals surface area contributed by atoms with Gasteiger partial charge in [-0.3, -0.25) is 4.79 Å². The van der Waals surface area contributed by atoms with E-state index in [1.807, 2.05) is 6.07 Å². The summed E-state index contributed by atoms with van der Waals surface area (Å²) in [5.41, 5.74) is 0.534. The Balaban J connectivity index is 2.09. The second kappa shape index (κ2) is 7.92. The first-order valence-electron chi connectivity index (χ1n) is 7.78. The maximum atomic E-state index is 13.4. The molecule has 1 aromatic carbocycles. The van der Waals surface area contributed by atoms with Crippen molar-refractivity contribution in [3.8, 4) is 5.82 Å². The van der Waals surface area contributed by atoms with Crippen LogP contribution in [0.4, 0.5) is 10.2 Å². The summed E-state index contributed by atoms with van der Waals surface area (Å²) in [6, 6.07) is 11.5. The fourth-order valence-electron chi connectivity index (χ4n) is 2.39. The molecule has 0 bridgehead atoms. The molecular weight excluding hydrogens is 353 g/mol. The molecule has 0 aliphatic rings. The van der Waals surface area contributed by atoms with Gasteiger partial charge in [-0.1, -0.05) is 30.0 Å². The molecule has 6 nitrogen and oxygen atoms in total. The van der Waals surface area contributed by atoms with E-state index in [-0.39, 0.29) is 16.9 Å². The molecule has 0 saturated carbocycles. The third-order valence-electron chi connectivity index (χ3n) is 3.60. The molecule has 2 heterocycles. The number of rotatable bonds is 6. The summed E-state index contributed by atoms with van der Waals surface area (Å²) in [5.74, 6) is 0.856. The van der Waals surface area contributed by atoms with Gasteiger partial charge in [0.25, 0.3) is 5.56 Å². The number of hydrogen-bond donors (Lipinski definition) is 2.